The van der Waals surface area contributed by atoms with Gasteiger partial charge in [0.2, 0.25) is 0 Å². The first-order valence-electron chi connectivity index (χ1n) is 12.7. The predicted octanol–water partition coefficient (Wildman–Crippen LogP) is 6.39. The van der Waals surface area contributed by atoms with Crippen molar-refractivity contribution in [3.63, 3.8) is 0 Å². The molecule has 1 aliphatic heterocycles. The van der Waals surface area contributed by atoms with Crippen LogP contribution in [0.4, 0.5) is 5.69 Å². The Hall–Kier alpha value is -2.92. The summed E-state index contributed by atoms with van der Waals surface area (Å²) in [6.07, 6.45) is 7.75. The highest BCUT2D eigenvalue weighted by atomic mass is 16.6. The molecule has 1 heterocycles. The molecule has 2 aromatic rings. The Bertz CT molecular complexity index is 932. The van der Waals surface area contributed by atoms with E-state index in [0.29, 0.717) is 12.3 Å². The minimum atomic E-state index is -0.119. The molecule has 0 bridgehead atoms. The van der Waals surface area contributed by atoms with Crippen molar-refractivity contribution in [1.29, 1.82) is 0 Å². The molecule has 0 spiro atoms. The van der Waals surface area contributed by atoms with Crippen LogP contribution in [0, 0.1) is 0 Å². The van der Waals surface area contributed by atoms with Crippen molar-refractivity contribution in [1.82, 2.24) is 4.90 Å². The Morgan fingerprint density at radius 1 is 0.941 bits per heavy atom. The smallest absolute Gasteiger partial charge is 0.257 e. The maximum absolute atomic E-state index is 13.1. The second-order valence-electron chi connectivity index (χ2n) is 8.89. The van der Waals surface area contributed by atoms with Crippen molar-refractivity contribution in [3.8, 4) is 0 Å². The van der Waals surface area contributed by atoms with Gasteiger partial charge in [0, 0.05) is 17.8 Å². The number of hydrogen-bond donors (Lipinski definition) is 0. The highest BCUT2D eigenvalue weighted by molar-refractivity contribution is 6.18. The summed E-state index contributed by atoms with van der Waals surface area (Å²) in [5.41, 5.74) is 3.45. The number of rotatable bonds is 14. The molecule has 3 rings (SSSR count). The Morgan fingerprint density at radius 2 is 1.53 bits per heavy atom. The number of carbonyl (C=O) groups excluding carboxylic acids is 1. The third kappa shape index (κ3) is 7.04. The number of anilines is 1. The standard InChI is InChI=1S/C29H39N3O2/c1-4-6-19-31(20-7-5-2)21-14-22-34-30-24(3)23-27-28(25-15-10-8-11-16-25)32(29(27)33)26-17-12-9-13-18-26/h8-13,15-18,23,28H,4-7,14,19-22H2,1-3H3. The molecular formula is C29H39N3O2. The van der Waals surface area contributed by atoms with E-state index in [0.717, 1.165) is 42.9 Å². The van der Waals surface area contributed by atoms with Crippen molar-refractivity contribution < 1.29 is 9.63 Å². The van der Waals surface area contributed by atoms with Crippen molar-refractivity contribution in [3.05, 3.63) is 77.9 Å². The van der Waals surface area contributed by atoms with Gasteiger partial charge < -0.3 is 9.74 Å². The third-order valence-electron chi connectivity index (χ3n) is 6.11. The van der Waals surface area contributed by atoms with E-state index in [9.17, 15) is 4.79 Å². The summed E-state index contributed by atoms with van der Waals surface area (Å²) in [6.45, 7) is 10.3. The molecule has 1 fully saturated rings. The molecule has 1 aliphatic rings. The topological polar surface area (TPSA) is 45.1 Å². The Morgan fingerprint density at radius 3 is 2.15 bits per heavy atom. The molecule has 0 aromatic heterocycles. The molecule has 2 aromatic carbocycles. The van der Waals surface area contributed by atoms with E-state index in [1.807, 2.05) is 66.4 Å². The van der Waals surface area contributed by atoms with Crippen LogP contribution in [0.1, 0.15) is 64.5 Å². The number of nitrogens with zero attached hydrogens (tertiary/aromatic N) is 3. The molecular weight excluding hydrogens is 422 g/mol. The molecule has 0 N–H and O–H groups in total. The van der Waals surface area contributed by atoms with Crippen molar-refractivity contribution in [2.75, 3.05) is 31.1 Å². The maximum atomic E-state index is 13.1. The van der Waals surface area contributed by atoms with Crippen molar-refractivity contribution in [2.24, 2.45) is 5.16 Å². The lowest BCUT2D eigenvalue weighted by atomic mass is 9.86. The quantitative estimate of drug-likeness (QED) is 0.108. The first-order chi connectivity index (χ1) is 16.7. The SMILES string of the molecule is CCCCN(CCCC)CCCON=C(C)C=C1C(=O)N(c2ccccc2)C1c1ccccc1. The van der Waals surface area contributed by atoms with E-state index in [-0.39, 0.29) is 11.9 Å². The second-order valence-corrected chi connectivity index (χ2v) is 8.89. The Labute approximate surface area is 205 Å². The number of benzene rings is 2. The van der Waals surface area contributed by atoms with Gasteiger partial charge >= 0.3 is 0 Å². The molecule has 5 heteroatoms. The number of oxime groups is 1. The summed E-state index contributed by atoms with van der Waals surface area (Å²) in [4.78, 5) is 23.0. The van der Waals surface area contributed by atoms with E-state index < -0.39 is 0 Å². The van der Waals surface area contributed by atoms with Crippen LogP contribution in [0.3, 0.4) is 0 Å². The Kier molecular flexibility index (Phi) is 10.4. The van der Waals surface area contributed by atoms with Crippen LogP contribution in [0.5, 0.6) is 0 Å². The molecule has 1 atom stereocenters. The summed E-state index contributed by atoms with van der Waals surface area (Å²) < 4.78 is 0. The molecule has 1 saturated heterocycles. The highest BCUT2D eigenvalue weighted by Gasteiger charge is 2.43. The molecule has 0 aliphatic carbocycles. The lowest BCUT2D eigenvalue weighted by molar-refractivity contribution is -0.119. The average molecular weight is 462 g/mol. The van der Waals surface area contributed by atoms with Gasteiger partial charge in [0.25, 0.3) is 5.91 Å². The monoisotopic (exact) mass is 461 g/mol. The number of allylic oxidation sites excluding steroid dienone is 1. The number of carbonyl (C=O) groups is 1. The van der Waals surface area contributed by atoms with E-state index in [1.54, 1.807) is 0 Å². The van der Waals surface area contributed by atoms with Gasteiger partial charge in [0.1, 0.15) is 6.61 Å². The first-order valence-corrected chi connectivity index (χ1v) is 12.7. The summed E-state index contributed by atoms with van der Waals surface area (Å²) in [5.74, 6) is 0.0112. The van der Waals surface area contributed by atoms with Crippen LogP contribution in [-0.2, 0) is 9.63 Å². The van der Waals surface area contributed by atoms with E-state index >= 15 is 0 Å². The molecule has 1 amide bonds. The fourth-order valence-corrected chi connectivity index (χ4v) is 4.26. The lowest BCUT2D eigenvalue weighted by Crippen LogP contribution is -2.49. The second kappa shape index (κ2) is 13.7. The number of β-lactam (4-membered cyclic amide) rings is 1. The normalized spacial score (nSPS) is 17.4. The van der Waals surface area contributed by atoms with Crippen LogP contribution in [-0.4, -0.2) is 42.8 Å². The minimum Gasteiger partial charge on any atom is -0.396 e. The molecule has 182 valence electrons. The average Bonchev–Trinajstić information content (AvgIpc) is 2.87. The predicted molar refractivity (Wildman–Crippen MR) is 141 cm³/mol. The maximum Gasteiger partial charge on any atom is 0.257 e. The van der Waals surface area contributed by atoms with Crippen LogP contribution in [0.2, 0.25) is 0 Å². The molecule has 34 heavy (non-hydrogen) atoms. The summed E-state index contributed by atoms with van der Waals surface area (Å²) >= 11 is 0. The summed E-state index contributed by atoms with van der Waals surface area (Å²) in [6, 6.07) is 19.8. The van der Waals surface area contributed by atoms with Crippen molar-refractivity contribution in [2.45, 2.75) is 58.9 Å². The van der Waals surface area contributed by atoms with Crippen LogP contribution >= 0.6 is 0 Å². The fraction of sp³-hybridized carbons (Fsp3) is 0.448. The summed E-state index contributed by atoms with van der Waals surface area (Å²) in [5, 5.41) is 4.28. The van der Waals surface area contributed by atoms with Gasteiger partial charge in [0.15, 0.2) is 0 Å². The van der Waals surface area contributed by atoms with E-state index in [4.69, 9.17) is 4.84 Å². The Balaban J connectivity index is 1.60. The number of para-hydroxylation sites is 1. The summed E-state index contributed by atoms with van der Waals surface area (Å²) in [7, 11) is 0. The molecule has 5 nitrogen and oxygen atoms in total. The fourth-order valence-electron chi connectivity index (χ4n) is 4.26. The minimum absolute atomic E-state index is 0.0112. The lowest BCUT2D eigenvalue weighted by Gasteiger charge is -2.43. The first kappa shape index (κ1) is 25.7. The highest BCUT2D eigenvalue weighted by Crippen LogP contribution is 2.42. The number of hydrogen-bond acceptors (Lipinski definition) is 4. The van der Waals surface area contributed by atoms with Gasteiger partial charge in [-0.05, 0) is 63.0 Å². The third-order valence-corrected chi connectivity index (χ3v) is 6.11. The van der Waals surface area contributed by atoms with E-state index in [2.05, 4.69) is 36.0 Å². The van der Waals surface area contributed by atoms with Crippen LogP contribution in [0.15, 0.2) is 77.5 Å². The van der Waals surface area contributed by atoms with Gasteiger partial charge in [-0.1, -0.05) is 80.4 Å². The van der Waals surface area contributed by atoms with Crippen LogP contribution < -0.4 is 4.90 Å². The molecule has 1 unspecified atom stereocenters. The van der Waals surface area contributed by atoms with Gasteiger partial charge in [-0.3, -0.25) is 9.69 Å². The zero-order chi connectivity index (χ0) is 24.2. The van der Waals surface area contributed by atoms with Gasteiger partial charge in [-0.15, -0.1) is 0 Å². The van der Waals surface area contributed by atoms with E-state index in [1.165, 1.54) is 25.7 Å². The number of amides is 1. The molecule has 0 radical (unpaired) electrons. The molecule has 0 saturated carbocycles. The van der Waals surface area contributed by atoms with Crippen molar-refractivity contribution >= 4 is 17.3 Å². The van der Waals surface area contributed by atoms with Gasteiger partial charge in [-0.25, -0.2) is 0 Å². The van der Waals surface area contributed by atoms with Gasteiger partial charge in [-0.2, -0.15) is 0 Å². The van der Waals surface area contributed by atoms with Crippen LogP contribution in [0.25, 0.3) is 0 Å². The largest absolute Gasteiger partial charge is 0.396 e. The zero-order valence-electron chi connectivity index (χ0n) is 21.0. The van der Waals surface area contributed by atoms with Gasteiger partial charge in [0.05, 0.1) is 11.8 Å². The zero-order valence-corrected chi connectivity index (χ0v) is 21.0. The number of unbranched alkanes of at least 4 members (excludes halogenated alkanes) is 2.